The highest BCUT2D eigenvalue weighted by Crippen LogP contribution is 2.25. The van der Waals surface area contributed by atoms with Crippen LogP contribution in [-0.4, -0.2) is 19.1 Å². The lowest BCUT2D eigenvalue weighted by Crippen LogP contribution is -2.29. The highest BCUT2D eigenvalue weighted by atomic mass is 79.9. The molecule has 17 heavy (non-hydrogen) atoms. The summed E-state index contributed by atoms with van der Waals surface area (Å²) in [5, 5.41) is 2.73. The number of ether oxygens (including phenoxy) is 1. The molecule has 0 saturated carbocycles. The molecule has 0 aromatic heterocycles. The number of hydrogen-bond donors (Lipinski definition) is 1. The number of hydrogen-bond acceptors (Lipinski definition) is 2. The lowest BCUT2D eigenvalue weighted by molar-refractivity contribution is -0.123. The molecule has 0 unspecified atom stereocenters. The van der Waals surface area contributed by atoms with Crippen molar-refractivity contribution in [2.45, 2.75) is 13.3 Å². The van der Waals surface area contributed by atoms with E-state index >= 15 is 0 Å². The van der Waals surface area contributed by atoms with Crippen molar-refractivity contribution in [2.75, 3.05) is 13.2 Å². The van der Waals surface area contributed by atoms with Crippen LogP contribution in [0, 0.1) is 6.92 Å². The van der Waals surface area contributed by atoms with Crippen molar-refractivity contribution < 1.29 is 9.53 Å². The van der Waals surface area contributed by atoms with Crippen LogP contribution in [0.4, 0.5) is 0 Å². The molecule has 0 aliphatic rings. The molecule has 1 aromatic carbocycles. The van der Waals surface area contributed by atoms with Crippen LogP contribution in [0.25, 0.3) is 0 Å². The van der Waals surface area contributed by atoms with Crippen LogP contribution in [0.1, 0.15) is 12.0 Å². The lowest BCUT2D eigenvalue weighted by atomic mass is 10.2. The Labute approximate surface area is 110 Å². The van der Waals surface area contributed by atoms with E-state index in [1.165, 1.54) is 0 Å². The van der Waals surface area contributed by atoms with Gasteiger partial charge >= 0.3 is 0 Å². The lowest BCUT2D eigenvalue weighted by Gasteiger charge is -2.08. The van der Waals surface area contributed by atoms with Gasteiger partial charge in [-0.2, -0.15) is 0 Å². The van der Waals surface area contributed by atoms with Gasteiger partial charge in [0.25, 0.3) is 5.91 Å². The van der Waals surface area contributed by atoms with E-state index < -0.39 is 0 Å². The van der Waals surface area contributed by atoms with Crippen LogP contribution >= 0.6 is 15.9 Å². The van der Waals surface area contributed by atoms with Gasteiger partial charge in [0.15, 0.2) is 6.61 Å². The minimum Gasteiger partial charge on any atom is -0.483 e. The Morgan fingerprint density at radius 3 is 3.00 bits per heavy atom. The standard InChI is InChI=1S/C13H16BrNO2/c1-3-4-7-15-13(16)9-17-12-6-5-10(2)8-11(12)14/h3,5-6,8H,1,4,7,9H2,2H3,(H,15,16). The Balaban J connectivity index is 2.39. The molecule has 0 heterocycles. The molecule has 92 valence electrons. The molecule has 1 aromatic rings. The summed E-state index contributed by atoms with van der Waals surface area (Å²) in [5.41, 5.74) is 1.14. The van der Waals surface area contributed by atoms with E-state index in [1.807, 2.05) is 25.1 Å². The highest BCUT2D eigenvalue weighted by Gasteiger charge is 2.04. The molecular formula is C13H16BrNO2. The van der Waals surface area contributed by atoms with E-state index in [1.54, 1.807) is 6.08 Å². The van der Waals surface area contributed by atoms with Crippen LogP contribution in [0.15, 0.2) is 35.3 Å². The van der Waals surface area contributed by atoms with Gasteiger partial charge in [0, 0.05) is 6.54 Å². The van der Waals surface area contributed by atoms with Crippen molar-refractivity contribution in [2.24, 2.45) is 0 Å². The van der Waals surface area contributed by atoms with E-state index in [2.05, 4.69) is 27.8 Å². The second kappa shape index (κ2) is 7.12. The molecule has 0 spiro atoms. The Kier molecular flexibility index (Phi) is 5.77. The summed E-state index contributed by atoms with van der Waals surface area (Å²) in [6.45, 7) is 6.20. The zero-order chi connectivity index (χ0) is 12.7. The number of nitrogens with one attached hydrogen (secondary N) is 1. The third-order valence-electron chi connectivity index (χ3n) is 2.12. The number of amides is 1. The quantitative estimate of drug-likeness (QED) is 0.648. The van der Waals surface area contributed by atoms with Gasteiger partial charge in [0.1, 0.15) is 5.75 Å². The molecule has 0 saturated heterocycles. The van der Waals surface area contributed by atoms with Gasteiger partial charge < -0.3 is 10.1 Å². The SMILES string of the molecule is C=CCCNC(=O)COc1ccc(C)cc1Br. The molecule has 0 aliphatic heterocycles. The average Bonchev–Trinajstić information content (AvgIpc) is 2.28. The van der Waals surface area contributed by atoms with Gasteiger partial charge in [-0.25, -0.2) is 0 Å². The van der Waals surface area contributed by atoms with E-state index in [0.717, 1.165) is 16.5 Å². The summed E-state index contributed by atoms with van der Waals surface area (Å²) in [6, 6.07) is 5.73. The Morgan fingerprint density at radius 2 is 2.35 bits per heavy atom. The molecule has 3 nitrogen and oxygen atoms in total. The molecule has 1 N–H and O–H groups in total. The smallest absolute Gasteiger partial charge is 0.257 e. The zero-order valence-corrected chi connectivity index (χ0v) is 11.4. The average molecular weight is 298 g/mol. The van der Waals surface area contributed by atoms with Crippen LogP contribution in [0.3, 0.4) is 0 Å². The molecule has 0 fully saturated rings. The first-order chi connectivity index (χ1) is 8.13. The summed E-state index contributed by atoms with van der Waals surface area (Å²) < 4.78 is 6.26. The summed E-state index contributed by atoms with van der Waals surface area (Å²) >= 11 is 3.39. The fourth-order valence-corrected chi connectivity index (χ4v) is 1.84. The van der Waals surface area contributed by atoms with E-state index in [0.29, 0.717) is 12.3 Å². The van der Waals surface area contributed by atoms with Crippen molar-refractivity contribution in [1.82, 2.24) is 5.32 Å². The van der Waals surface area contributed by atoms with Gasteiger partial charge in [-0.3, -0.25) is 4.79 Å². The van der Waals surface area contributed by atoms with Crippen molar-refractivity contribution in [3.8, 4) is 5.75 Å². The maximum atomic E-state index is 11.4. The van der Waals surface area contributed by atoms with Gasteiger partial charge in [0.05, 0.1) is 4.47 Å². The topological polar surface area (TPSA) is 38.3 Å². The third-order valence-corrected chi connectivity index (χ3v) is 2.74. The summed E-state index contributed by atoms with van der Waals surface area (Å²) in [6.07, 6.45) is 2.53. The second-order valence-electron chi connectivity index (χ2n) is 3.65. The van der Waals surface area contributed by atoms with Crippen LogP contribution in [0.2, 0.25) is 0 Å². The summed E-state index contributed by atoms with van der Waals surface area (Å²) in [5.74, 6) is 0.550. The molecule has 0 atom stereocenters. The van der Waals surface area contributed by atoms with Crippen LogP contribution in [0.5, 0.6) is 5.75 Å². The molecule has 0 bridgehead atoms. The van der Waals surface area contributed by atoms with Gasteiger partial charge in [-0.15, -0.1) is 6.58 Å². The summed E-state index contributed by atoms with van der Waals surface area (Å²) in [4.78, 5) is 11.4. The number of aryl methyl sites for hydroxylation is 1. The van der Waals surface area contributed by atoms with Crippen molar-refractivity contribution in [3.05, 3.63) is 40.9 Å². The molecule has 1 rings (SSSR count). The zero-order valence-electron chi connectivity index (χ0n) is 9.83. The van der Waals surface area contributed by atoms with E-state index in [-0.39, 0.29) is 12.5 Å². The summed E-state index contributed by atoms with van der Waals surface area (Å²) in [7, 11) is 0. The molecule has 4 heteroatoms. The minimum absolute atomic E-state index is 0.0266. The van der Waals surface area contributed by atoms with E-state index in [9.17, 15) is 4.79 Å². The number of benzene rings is 1. The third kappa shape index (κ3) is 5.04. The van der Waals surface area contributed by atoms with Crippen molar-refractivity contribution in [3.63, 3.8) is 0 Å². The van der Waals surface area contributed by atoms with Crippen molar-refractivity contribution in [1.29, 1.82) is 0 Å². The predicted molar refractivity (Wildman–Crippen MR) is 72.2 cm³/mol. The first kappa shape index (κ1) is 13.8. The number of carbonyl (C=O) groups is 1. The monoisotopic (exact) mass is 297 g/mol. The largest absolute Gasteiger partial charge is 0.483 e. The van der Waals surface area contributed by atoms with Gasteiger partial charge in [0.2, 0.25) is 0 Å². The predicted octanol–water partition coefficient (Wildman–Crippen LogP) is 2.83. The van der Waals surface area contributed by atoms with Crippen molar-refractivity contribution >= 4 is 21.8 Å². The maximum Gasteiger partial charge on any atom is 0.257 e. The molecule has 0 radical (unpaired) electrons. The number of rotatable bonds is 6. The second-order valence-corrected chi connectivity index (χ2v) is 4.50. The first-order valence-electron chi connectivity index (χ1n) is 5.40. The number of carbonyl (C=O) groups excluding carboxylic acids is 1. The maximum absolute atomic E-state index is 11.4. The van der Waals surface area contributed by atoms with E-state index in [4.69, 9.17) is 4.74 Å². The number of halogens is 1. The fraction of sp³-hybridized carbons (Fsp3) is 0.308. The Hall–Kier alpha value is -1.29. The fourth-order valence-electron chi connectivity index (χ4n) is 1.23. The van der Waals surface area contributed by atoms with Gasteiger partial charge in [-0.1, -0.05) is 12.1 Å². The molecular weight excluding hydrogens is 282 g/mol. The normalized spacial score (nSPS) is 9.76. The Morgan fingerprint density at radius 1 is 1.59 bits per heavy atom. The van der Waals surface area contributed by atoms with Crippen LogP contribution in [-0.2, 0) is 4.79 Å². The van der Waals surface area contributed by atoms with Crippen LogP contribution < -0.4 is 10.1 Å². The Bertz CT molecular complexity index is 404. The molecule has 0 aliphatic carbocycles. The van der Waals surface area contributed by atoms with Gasteiger partial charge in [-0.05, 0) is 47.0 Å². The first-order valence-corrected chi connectivity index (χ1v) is 6.19. The minimum atomic E-state index is -0.126. The molecule has 1 amide bonds. The highest BCUT2D eigenvalue weighted by molar-refractivity contribution is 9.10.